The summed E-state index contributed by atoms with van der Waals surface area (Å²) in [7, 11) is 0. The zero-order valence-corrected chi connectivity index (χ0v) is 16.0. The second kappa shape index (κ2) is 7.95. The van der Waals surface area contributed by atoms with Crippen molar-refractivity contribution in [1.29, 1.82) is 0 Å². The zero-order valence-electron chi connectivity index (χ0n) is 16.0. The lowest BCUT2D eigenvalue weighted by atomic mass is 10.2. The molecule has 0 aromatic carbocycles. The predicted molar refractivity (Wildman–Crippen MR) is 97.7 cm³/mol. The van der Waals surface area contributed by atoms with Crippen molar-refractivity contribution in [2.24, 2.45) is 0 Å². The van der Waals surface area contributed by atoms with Crippen LogP contribution in [-0.4, -0.2) is 50.3 Å². The van der Waals surface area contributed by atoms with Crippen molar-refractivity contribution < 1.29 is 9.53 Å². The van der Waals surface area contributed by atoms with E-state index < -0.39 is 0 Å². The highest BCUT2D eigenvalue weighted by Gasteiger charge is 2.27. The van der Waals surface area contributed by atoms with Gasteiger partial charge in [-0.1, -0.05) is 0 Å². The Morgan fingerprint density at radius 3 is 2.54 bits per heavy atom. The SMILES string of the molecule is Cc1cc(C)nc([C@H]2CN(C(=O)CCCn3nc(C)cc3C)CCO2)n1. The molecule has 0 aliphatic carbocycles. The average Bonchev–Trinajstić information content (AvgIpc) is 2.91. The smallest absolute Gasteiger partial charge is 0.222 e. The number of rotatable bonds is 5. The summed E-state index contributed by atoms with van der Waals surface area (Å²) in [4.78, 5) is 23.4. The normalized spacial score (nSPS) is 17.5. The molecule has 0 bridgehead atoms. The number of aromatic nitrogens is 4. The molecule has 0 spiro atoms. The minimum Gasteiger partial charge on any atom is -0.367 e. The van der Waals surface area contributed by atoms with E-state index in [1.807, 2.05) is 43.3 Å². The van der Waals surface area contributed by atoms with Crippen LogP contribution in [0.15, 0.2) is 12.1 Å². The molecule has 1 fully saturated rings. The first-order valence-electron chi connectivity index (χ1n) is 9.15. The summed E-state index contributed by atoms with van der Waals surface area (Å²) in [5.74, 6) is 0.826. The fourth-order valence-electron chi connectivity index (χ4n) is 3.37. The summed E-state index contributed by atoms with van der Waals surface area (Å²) in [5, 5.41) is 4.44. The van der Waals surface area contributed by atoms with E-state index in [9.17, 15) is 4.79 Å². The fraction of sp³-hybridized carbons (Fsp3) is 0.579. The molecule has 0 radical (unpaired) electrons. The second-order valence-corrected chi connectivity index (χ2v) is 6.96. The summed E-state index contributed by atoms with van der Waals surface area (Å²) in [6.07, 6.45) is 1.05. The van der Waals surface area contributed by atoms with Crippen LogP contribution >= 0.6 is 0 Å². The van der Waals surface area contributed by atoms with E-state index in [1.54, 1.807) is 0 Å². The molecule has 2 aromatic rings. The highest BCUT2D eigenvalue weighted by atomic mass is 16.5. The molecule has 0 unspecified atom stereocenters. The summed E-state index contributed by atoms with van der Waals surface area (Å²) >= 11 is 0. The predicted octanol–water partition coefficient (Wildman–Crippen LogP) is 2.29. The standard InChI is InChI=1S/C19H27N5O2/c1-13-10-14(2)21-19(20-13)17-12-23(8-9-26-17)18(25)6-5-7-24-16(4)11-15(3)22-24/h10-11,17H,5-9,12H2,1-4H3/t17-/m1/s1. The van der Waals surface area contributed by atoms with Gasteiger partial charge in [-0.15, -0.1) is 0 Å². The molecule has 1 saturated heterocycles. The Hall–Kier alpha value is -2.28. The van der Waals surface area contributed by atoms with Gasteiger partial charge < -0.3 is 9.64 Å². The lowest BCUT2D eigenvalue weighted by Crippen LogP contribution is -2.42. The molecular formula is C19H27N5O2. The van der Waals surface area contributed by atoms with Crippen molar-refractivity contribution in [2.45, 2.75) is 53.2 Å². The van der Waals surface area contributed by atoms with Gasteiger partial charge in [-0.25, -0.2) is 9.97 Å². The van der Waals surface area contributed by atoms with Gasteiger partial charge in [0.2, 0.25) is 5.91 Å². The quantitative estimate of drug-likeness (QED) is 0.821. The van der Waals surface area contributed by atoms with Crippen molar-refractivity contribution in [2.75, 3.05) is 19.7 Å². The summed E-state index contributed by atoms with van der Waals surface area (Å²) < 4.78 is 7.78. The van der Waals surface area contributed by atoms with E-state index in [0.29, 0.717) is 31.9 Å². The van der Waals surface area contributed by atoms with Gasteiger partial charge in [-0.2, -0.15) is 5.10 Å². The molecule has 2 aromatic heterocycles. The summed E-state index contributed by atoms with van der Waals surface area (Å²) in [5.41, 5.74) is 3.99. The van der Waals surface area contributed by atoms with E-state index in [4.69, 9.17) is 4.74 Å². The van der Waals surface area contributed by atoms with Gasteiger partial charge in [0.05, 0.1) is 18.8 Å². The van der Waals surface area contributed by atoms with Gasteiger partial charge in [-0.3, -0.25) is 9.48 Å². The number of carbonyl (C=O) groups excluding carboxylic acids is 1. The van der Waals surface area contributed by atoms with Crippen molar-refractivity contribution in [3.63, 3.8) is 0 Å². The van der Waals surface area contributed by atoms with Crippen LogP contribution in [0.1, 0.15) is 47.5 Å². The summed E-state index contributed by atoms with van der Waals surface area (Å²) in [6, 6.07) is 3.99. The van der Waals surface area contributed by atoms with Crippen LogP contribution in [0, 0.1) is 27.7 Å². The van der Waals surface area contributed by atoms with Gasteiger partial charge in [-0.05, 0) is 46.2 Å². The third-order valence-corrected chi connectivity index (χ3v) is 4.57. The molecular weight excluding hydrogens is 330 g/mol. The van der Waals surface area contributed by atoms with Crippen LogP contribution in [-0.2, 0) is 16.1 Å². The Balaban J connectivity index is 1.55. The zero-order chi connectivity index (χ0) is 18.7. The molecule has 3 heterocycles. The number of ether oxygens (including phenoxy) is 1. The van der Waals surface area contributed by atoms with E-state index in [1.165, 1.54) is 0 Å². The minimum absolute atomic E-state index is 0.157. The molecule has 1 aliphatic rings. The number of carbonyl (C=O) groups is 1. The van der Waals surface area contributed by atoms with Crippen molar-refractivity contribution >= 4 is 5.91 Å². The monoisotopic (exact) mass is 357 g/mol. The number of morpholine rings is 1. The molecule has 1 amide bonds. The third-order valence-electron chi connectivity index (χ3n) is 4.57. The van der Waals surface area contributed by atoms with E-state index in [2.05, 4.69) is 21.1 Å². The number of nitrogens with zero attached hydrogens (tertiary/aromatic N) is 5. The van der Waals surface area contributed by atoms with Gasteiger partial charge in [0.25, 0.3) is 0 Å². The molecule has 3 rings (SSSR count). The van der Waals surface area contributed by atoms with Gasteiger partial charge in [0, 0.05) is 36.6 Å². The topological polar surface area (TPSA) is 73.1 Å². The first-order valence-corrected chi connectivity index (χ1v) is 9.15. The fourth-order valence-corrected chi connectivity index (χ4v) is 3.37. The van der Waals surface area contributed by atoms with Crippen molar-refractivity contribution in [3.8, 4) is 0 Å². The highest BCUT2D eigenvalue weighted by molar-refractivity contribution is 5.76. The highest BCUT2D eigenvalue weighted by Crippen LogP contribution is 2.20. The first-order chi connectivity index (χ1) is 12.4. The third kappa shape index (κ3) is 4.46. The molecule has 0 saturated carbocycles. The largest absolute Gasteiger partial charge is 0.367 e. The Morgan fingerprint density at radius 1 is 1.15 bits per heavy atom. The second-order valence-electron chi connectivity index (χ2n) is 6.96. The van der Waals surface area contributed by atoms with E-state index in [0.717, 1.165) is 35.7 Å². The average molecular weight is 357 g/mol. The molecule has 0 N–H and O–H groups in total. The van der Waals surface area contributed by atoms with Crippen LogP contribution in [0.25, 0.3) is 0 Å². The maximum Gasteiger partial charge on any atom is 0.222 e. The maximum absolute atomic E-state index is 12.6. The number of aryl methyl sites for hydroxylation is 5. The van der Waals surface area contributed by atoms with Crippen molar-refractivity contribution in [3.05, 3.63) is 40.7 Å². The molecule has 7 nitrogen and oxygen atoms in total. The number of hydrogen-bond acceptors (Lipinski definition) is 5. The molecule has 1 atom stereocenters. The Bertz CT molecular complexity index is 766. The van der Waals surface area contributed by atoms with Crippen molar-refractivity contribution in [1.82, 2.24) is 24.6 Å². The van der Waals surface area contributed by atoms with Crippen LogP contribution < -0.4 is 0 Å². The summed E-state index contributed by atoms with van der Waals surface area (Å²) in [6.45, 7) is 10.3. The maximum atomic E-state index is 12.6. The van der Waals surface area contributed by atoms with E-state index in [-0.39, 0.29) is 12.0 Å². The first kappa shape index (κ1) is 18.5. The van der Waals surface area contributed by atoms with Crippen LogP contribution in [0.3, 0.4) is 0 Å². The van der Waals surface area contributed by atoms with Crippen LogP contribution in [0.5, 0.6) is 0 Å². The van der Waals surface area contributed by atoms with Gasteiger partial charge >= 0.3 is 0 Å². The molecule has 26 heavy (non-hydrogen) atoms. The van der Waals surface area contributed by atoms with Gasteiger partial charge in [0.1, 0.15) is 6.10 Å². The molecule has 7 heteroatoms. The van der Waals surface area contributed by atoms with Gasteiger partial charge in [0.15, 0.2) is 5.82 Å². The Kier molecular flexibility index (Phi) is 5.66. The lowest BCUT2D eigenvalue weighted by Gasteiger charge is -2.32. The lowest BCUT2D eigenvalue weighted by molar-refractivity contribution is -0.139. The van der Waals surface area contributed by atoms with Crippen LogP contribution in [0.4, 0.5) is 0 Å². The van der Waals surface area contributed by atoms with Crippen LogP contribution in [0.2, 0.25) is 0 Å². The molecule has 140 valence electrons. The van der Waals surface area contributed by atoms with E-state index >= 15 is 0 Å². The molecule has 1 aliphatic heterocycles. The number of hydrogen-bond donors (Lipinski definition) is 0. The minimum atomic E-state index is -0.248. The Labute approximate surface area is 154 Å². The Morgan fingerprint density at radius 2 is 1.88 bits per heavy atom. The number of amides is 1.